The molecule has 1 saturated heterocycles. The lowest BCUT2D eigenvalue weighted by Crippen LogP contribution is -2.29. The number of hydrogen-bond acceptors (Lipinski definition) is 9. The maximum Gasteiger partial charge on any atom is 0.301 e. The number of ketones is 1. The van der Waals surface area contributed by atoms with E-state index in [1.807, 2.05) is 48.5 Å². The second-order valence-corrected chi connectivity index (χ2v) is 13.8. The molecule has 0 radical (unpaired) electrons. The molecule has 220 valence electrons. The Morgan fingerprint density at radius 3 is 2.40 bits per heavy atom. The first-order valence-corrected chi connectivity index (χ1v) is 15.8. The van der Waals surface area contributed by atoms with Crippen LogP contribution in [0.25, 0.3) is 5.76 Å². The molecule has 11 heteroatoms. The third-order valence-corrected chi connectivity index (χ3v) is 9.61. The molecule has 0 bridgehead atoms. The quantitative estimate of drug-likeness (QED) is 0.0783. The molecule has 3 aromatic carbocycles. The largest absolute Gasteiger partial charge is 0.507 e. The number of aliphatic hydroxyl groups is 1. The van der Waals surface area contributed by atoms with E-state index in [1.165, 1.54) is 28.0 Å². The number of benzene rings is 3. The minimum atomic E-state index is -0.913. The molecule has 1 fully saturated rings. The standard InChI is InChI=1S/C32H28ClN3O5S2/c1-32(2,3)21-9-6-19(7-10-21)26-25(27(37)20-8-13-23-24(16-20)41-15-14-40-23)28(38)29(39)36(26)30-34-35-31(43-30)42-17-18-4-11-22(33)12-5-18/h4-13,16,26,37H,14-15,17H2,1-3H3/b27-25+. The van der Waals surface area contributed by atoms with Crippen LogP contribution in [0, 0.1) is 0 Å². The van der Waals surface area contributed by atoms with E-state index in [1.54, 1.807) is 18.2 Å². The van der Waals surface area contributed by atoms with Gasteiger partial charge in [-0.25, -0.2) is 0 Å². The number of thioether (sulfide) groups is 1. The molecular formula is C32H28ClN3O5S2. The summed E-state index contributed by atoms with van der Waals surface area (Å²) in [5, 5.41) is 21.1. The van der Waals surface area contributed by atoms with Gasteiger partial charge >= 0.3 is 5.91 Å². The van der Waals surface area contributed by atoms with Crippen LogP contribution in [0.15, 0.2) is 76.6 Å². The van der Waals surface area contributed by atoms with Crippen molar-refractivity contribution in [2.75, 3.05) is 18.1 Å². The van der Waals surface area contributed by atoms with Crippen LogP contribution in [0.5, 0.6) is 11.5 Å². The van der Waals surface area contributed by atoms with Crippen LogP contribution < -0.4 is 14.4 Å². The lowest BCUT2D eigenvalue weighted by molar-refractivity contribution is -0.132. The topological polar surface area (TPSA) is 102 Å². The number of rotatable bonds is 6. The van der Waals surface area contributed by atoms with Crippen LogP contribution in [0.1, 0.15) is 49.1 Å². The summed E-state index contributed by atoms with van der Waals surface area (Å²) >= 11 is 8.69. The van der Waals surface area contributed by atoms with E-state index in [9.17, 15) is 14.7 Å². The Morgan fingerprint density at radius 2 is 1.70 bits per heavy atom. The summed E-state index contributed by atoms with van der Waals surface area (Å²) in [6.07, 6.45) is 0. The summed E-state index contributed by atoms with van der Waals surface area (Å²) in [7, 11) is 0. The zero-order valence-corrected chi connectivity index (χ0v) is 26.1. The zero-order valence-electron chi connectivity index (χ0n) is 23.7. The van der Waals surface area contributed by atoms with Gasteiger partial charge < -0.3 is 14.6 Å². The molecule has 6 rings (SSSR count). The molecule has 3 heterocycles. The summed E-state index contributed by atoms with van der Waals surface area (Å²) < 4.78 is 11.9. The second-order valence-electron chi connectivity index (χ2n) is 11.2. The summed E-state index contributed by atoms with van der Waals surface area (Å²) in [4.78, 5) is 28.6. The van der Waals surface area contributed by atoms with Crippen molar-refractivity contribution in [1.29, 1.82) is 0 Å². The van der Waals surface area contributed by atoms with Gasteiger partial charge in [-0.2, -0.15) is 0 Å². The lowest BCUT2D eigenvalue weighted by atomic mass is 9.85. The summed E-state index contributed by atoms with van der Waals surface area (Å²) in [5.74, 6) is -0.245. The van der Waals surface area contributed by atoms with Gasteiger partial charge in [0.2, 0.25) is 5.13 Å². The van der Waals surface area contributed by atoms with Gasteiger partial charge in [-0.15, -0.1) is 10.2 Å². The first-order valence-electron chi connectivity index (χ1n) is 13.6. The fraction of sp³-hybridized carbons (Fsp3) is 0.250. The molecule has 1 atom stereocenters. The average Bonchev–Trinajstić information content (AvgIpc) is 3.57. The number of aliphatic hydroxyl groups excluding tert-OH is 1. The molecule has 1 unspecified atom stereocenters. The van der Waals surface area contributed by atoms with Crippen LogP contribution in [-0.2, 0) is 20.8 Å². The van der Waals surface area contributed by atoms with Crippen molar-refractivity contribution in [3.05, 3.63) is 99.6 Å². The molecule has 4 aromatic rings. The Kier molecular flexibility index (Phi) is 7.93. The van der Waals surface area contributed by atoms with E-state index in [0.29, 0.717) is 51.0 Å². The van der Waals surface area contributed by atoms with E-state index in [4.69, 9.17) is 21.1 Å². The van der Waals surface area contributed by atoms with Gasteiger partial charge in [0.15, 0.2) is 15.8 Å². The Bertz CT molecular complexity index is 1730. The molecule has 2 aliphatic rings. The number of carbonyl (C=O) groups is 2. The Labute approximate surface area is 262 Å². The Balaban J connectivity index is 1.40. The van der Waals surface area contributed by atoms with E-state index < -0.39 is 17.7 Å². The van der Waals surface area contributed by atoms with E-state index >= 15 is 0 Å². The first kappa shape index (κ1) is 29.2. The average molecular weight is 634 g/mol. The number of aromatic nitrogens is 2. The molecule has 0 aliphatic carbocycles. The van der Waals surface area contributed by atoms with Crippen LogP contribution in [0.2, 0.25) is 5.02 Å². The highest BCUT2D eigenvalue weighted by Gasteiger charge is 2.48. The van der Waals surface area contributed by atoms with Crippen LogP contribution in [-0.4, -0.2) is 40.2 Å². The molecule has 2 aliphatic heterocycles. The number of nitrogens with zero attached hydrogens (tertiary/aromatic N) is 3. The summed E-state index contributed by atoms with van der Waals surface area (Å²) in [5.41, 5.74) is 3.03. The number of fused-ring (bicyclic) bond motifs is 1. The van der Waals surface area contributed by atoms with Gasteiger partial charge in [0, 0.05) is 16.3 Å². The van der Waals surface area contributed by atoms with Gasteiger partial charge in [0.1, 0.15) is 19.0 Å². The fourth-order valence-corrected chi connectivity index (χ4v) is 6.89. The zero-order chi connectivity index (χ0) is 30.3. The minimum Gasteiger partial charge on any atom is -0.507 e. The van der Waals surface area contributed by atoms with Crippen molar-refractivity contribution in [3.63, 3.8) is 0 Å². The monoisotopic (exact) mass is 633 g/mol. The highest BCUT2D eigenvalue weighted by molar-refractivity contribution is 8.00. The van der Waals surface area contributed by atoms with Crippen molar-refractivity contribution in [2.45, 2.75) is 42.3 Å². The molecule has 1 N–H and O–H groups in total. The fourth-order valence-electron chi connectivity index (χ4n) is 4.94. The SMILES string of the molecule is CC(C)(C)c1ccc(C2/C(=C(\O)c3ccc4c(c3)OCCO4)C(=O)C(=O)N2c2nnc(SCc3ccc(Cl)cc3)s2)cc1. The predicted octanol–water partition coefficient (Wildman–Crippen LogP) is 7.18. The van der Waals surface area contributed by atoms with Gasteiger partial charge in [0.05, 0.1) is 11.6 Å². The van der Waals surface area contributed by atoms with Crippen LogP contribution in [0.4, 0.5) is 5.13 Å². The van der Waals surface area contributed by atoms with Gasteiger partial charge in [-0.3, -0.25) is 14.5 Å². The highest BCUT2D eigenvalue weighted by Crippen LogP contribution is 2.45. The molecule has 0 spiro atoms. The van der Waals surface area contributed by atoms with Crippen molar-refractivity contribution < 1.29 is 24.2 Å². The number of ether oxygens (including phenoxy) is 2. The van der Waals surface area contributed by atoms with E-state index in [-0.39, 0.29) is 21.9 Å². The number of Topliss-reactive ketones (excluding diaryl/α,β-unsaturated/α-hetero) is 1. The Morgan fingerprint density at radius 1 is 1.00 bits per heavy atom. The van der Waals surface area contributed by atoms with Gasteiger partial charge in [-0.1, -0.05) is 91.9 Å². The third kappa shape index (κ3) is 5.87. The normalized spacial score (nSPS) is 17.9. The summed E-state index contributed by atoms with van der Waals surface area (Å²) in [6, 6.07) is 19.3. The van der Waals surface area contributed by atoms with Gasteiger partial charge in [0.25, 0.3) is 5.78 Å². The smallest absolute Gasteiger partial charge is 0.301 e. The number of carbonyl (C=O) groups excluding carboxylic acids is 2. The van der Waals surface area contributed by atoms with Crippen molar-refractivity contribution >= 4 is 57.3 Å². The van der Waals surface area contributed by atoms with Crippen molar-refractivity contribution in [1.82, 2.24) is 10.2 Å². The van der Waals surface area contributed by atoms with Crippen LogP contribution >= 0.6 is 34.7 Å². The Hall–Kier alpha value is -3.86. The molecule has 0 saturated carbocycles. The second kappa shape index (κ2) is 11.7. The summed E-state index contributed by atoms with van der Waals surface area (Å²) in [6.45, 7) is 7.13. The molecule has 1 amide bonds. The van der Waals surface area contributed by atoms with E-state index in [2.05, 4.69) is 31.0 Å². The highest BCUT2D eigenvalue weighted by atomic mass is 35.5. The van der Waals surface area contributed by atoms with Crippen molar-refractivity contribution in [3.8, 4) is 11.5 Å². The third-order valence-electron chi connectivity index (χ3n) is 7.23. The molecular weight excluding hydrogens is 606 g/mol. The van der Waals surface area contributed by atoms with Gasteiger partial charge in [-0.05, 0) is 52.4 Å². The predicted molar refractivity (Wildman–Crippen MR) is 168 cm³/mol. The van der Waals surface area contributed by atoms with Crippen molar-refractivity contribution in [2.24, 2.45) is 0 Å². The maximum absolute atomic E-state index is 13.6. The minimum absolute atomic E-state index is 0.0317. The van der Waals surface area contributed by atoms with Crippen LogP contribution in [0.3, 0.4) is 0 Å². The number of halogens is 1. The maximum atomic E-state index is 13.6. The number of anilines is 1. The van der Waals surface area contributed by atoms with E-state index in [0.717, 1.165) is 11.1 Å². The molecule has 43 heavy (non-hydrogen) atoms. The number of hydrogen-bond donors (Lipinski definition) is 1. The molecule has 8 nitrogen and oxygen atoms in total. The first-order chi connectivity index (χ1) is 20.6. The molecule has 1 aromatic heterocycles. The lowest BCUT2D eigenvalue weighted by Gasteiger charge is -2.24. The number of amides is 1.